The van der Waals surface area contributed by atoms with E-state index in [1.54, 1.807) is 0 Å². The number of hydrogen-bond donors (Lipinski definition) is 0. The maximum absolute atomic E-state index is 8.84. The number of rotatable bonds is 1. The van der Waals surface area contributed by atoms with Crippen LogP contribution in [0.15, 0.2) is 30.5 Å². The molecule has 0 fully saturated rings. The summed E-state index contributed by atoms with van der Waals surface area (Å²) in [4.78, 5) is 4.50. The fraction of sp³-hybridized carbons (Fsp3) is 0.333. The van der Waals surface area contributed by atoms with E-state index >= 15 is 0 Å². The third kappa shape index (κ3) is 2.14. The van der Waals surface area contributed by atoms with E-state index in [9.17, 15) is 0 Å². The molecule has 0 saturated heterocycles. The zero-order valence-electron chi connectivity index (χ0n) is 10.5. The lowest BCUT2D eigenvalue weighted by molar-refractivity contribution is 0.575. The largest absolute Gasteiger partial charge is 0.260 e. The summed E-state index contributed by atoms with van der Waals surface area (Å²) in [6.07, 6.45) is 2.29. The van der Waals surface area contributed by atoms with Gasteiger partial charge in [-0.05, 0) is 17.0 Å². The van der Waals surface area contributed by atoms with Gasteiger partial charge in [-0.3, -0.25) is 4.98 Å². The lowest BCUT2D eigenvalue weighted by atomic mass is 9.87. The maximum Gasteiger partial charge on any atom is 0.0669 e. The highest BCUT2D eigenvalue weighted by molar-refractivity contribution is 5.88. The van der Waals surface area contributed by atoms with Crippen LogP contribution in [0.1, 0.15) is 32.0 Å². The Balaban J connectivity index is 2.75. The van der Waals surface area contributed by atoms with E-state index in [0.29, 0.717) is 6.42 Å². The molecule has 0 radical (unpaired) electrons. The van der Waals surface area contributed by atoms with E-state index in [0.717, 1.165) is 22.0 Å². The Kier molecular flexibility index (Phi) is 2.85. The number of pyridine rings is 1. The first-order chi connectivity index (χ1) is 8.04. The van der Waals surface area contributed by atoms with Crippen LogP contribution in [0.4, 0.5) is 0 Å². The lowest BCUT2D eigenvalue weighted by Gasteiger charge is -2.20. The Hall–Kier alpha value is -1.88. The van der Waals surface area contributed by atoms with Crippen LogP contribution in [0.2, 0.25) is 0 Å². The molecule has 0 amide bonds. The zero-order chi connectivity index (χ0) is 12.5. The molecule has 0 spiro atoms. The van der Waals surface area contributed by atoms with Crippen LogP contribution in [-0.4, -0.2) is 4.98 Å². The van der Waals surface area contributed by atoms with Crippen molar-refractivity contribution in [2.24, 2.45) is 0 Å². The lowest BCUT2D eigenvalue weighted by Crippen LogP contribution is -2.14. The Morgan fingerprint density at radius 1 is 1.18 bits per heavy atom. The quantitative estimate of drug-likeness (QED) is 0.742. The van der Waals surface area contributed by atoms with Gasteiger partial charge in [0.2, 0.25) is 0 Å². The summed E-state index contributed by atoms with van der Waals surface area (Å²) >= 11 is 0. The number of benzene rings is 1. The van der Waals surface area contributed by atoms with Crippen molar-refractivity contribution in [3.8, 4) is 6.07 Å². The standard InChI is InChI=1S/C15H16N2/c1-15(2,3)14-13-6-4-5-11(7-9-16)12(13)8-10-17-14/h4-6,8,10H,7H2,1-3H3. The molecular weight excluding hydrogens is 208 g/mol. The van der Waals surface area contributed by atoms with Crippen molar-refractivity contribution in [2.45, 2.75) is 32.6 Å². The monoisotopic (exact) mass is 224 g/mol. The van der Waals surface area contributed by atoms with Gasteiger partial charge in [0.15, 0.2) is 0 Å². The van der Waals surface area contributed by atoms with Crippen LogP contribution in [0, 0.1) is 11.3 Å². The van der Waals surface area contributed by atoms with E-state index < -0.39 is 0 Å². The van der Waals surface area contributed by atoms with Crippen LogP contribution in [0.3, 0.4) is 0 Å². The summed E-state index contributed by atoms with van der Waals surface area (Å²) in [5.74, 6) is 0. The first-order valence-corrected chi connectivity index (χ1v) is 5.78. The molecule has 1 heterocycles. The van der Waals surface area contributed by atoms with Crippen molar-refractivity contribution >= 4 is 10.8 Å². The molecule has 86 valence electrons. The number of hydrogen-bond acceptors (Lipinski definition) is 2. The molecule has 0 atom stereocenters. The second-order valence-electron chi connectivity index (χ2n) is 5.26. The normalized spacial score (nSPS) is 11.4. The third-order valence-corrected chi connectivity index (χ3v) is 2.88. The molecule has 2 aromatic rings. The highest BCUT2D eigenvalue weighted by atomic mass is 14.7. The predicted molar refractivity (Wildman–Crippen MR) is 69.8 cm³/mol. The molecule has 0 N–H and O–H groups in total. The summed E-state index contributed by atoms with van der Waals surface area (Å²) in [7, 11) is 0. The van der Waals surface area contributed by atoms with Crippen LogP contribution >= 0.6 is 0 Å². The van der Waals surface area contributed by atoms with Crippen molar-refractivity contribution in [3.63, 3.8) is 0 Å². The molecule has 0 aliphatic carbocycles. The van der Waals surface area contributed by atoms with E-state index in [2.05, 4.69) is 37.9 Å². The summed E-state index contributed by atoms with van der Waals surface area (Å²) in [5.41, 5.74) is 2.19. The van der Waals surface area contributed by atoms with Crippen molar-refractivity contribution in [1.82, 2.24) is 4.98 Å². The van der Waals surface area contributed by atoms with Crippen LogP contribution < -0.4 is 0 Å². The van der Waals surface area contributed by atoms with Gasteiger partial charge < -0.3 is 0 Å². The molecule has 2 heteroatoms. The molecular formula is C15H16N2. The van der Waals surface area contributed by atoms with Gasteiger partial charge in [0.25, 0.3) is 0 Å². The average Bonchev–Trinajstić information content (AvgIpc) is 2.28. The molecule has 2 nitrogen and oxygen atoms in total. The molecule has 0 aliphatic heterocycles. The van der Waals surface area contributed by atoms with Gasteiger partial charge in [-0.15, -0.1) is 0 Å². The minimum atomic E-state index is 0.0186. The summed E-state index contributed by atoms with van der Waals surface area (Å²) in [6, 6.07) is 10.3. The second-order valence-corrected chi connectivity index (χ2v) is 5.26. The van der Waals surface area contributed by atoms with Crippen molar-refractivity contribution < 1.29 is 0 Å². The van der Waals surface area contributed by atoms with Gasteiger partial charge in [-0.2, -0.15) is 5.26 Å². The van der Waals surface area contributed by atoms with E-state index in [4.69, 9.17) is 5.26 Å². The number of fused-ring (bicyclic) bond motifs is 1. The van der Waals surface area contributed by atoms with E-state index in [-0.39, 0.29) is 5.41 Å². The highest BCUT2D eigenvalue weighted by Crippen LogP contribution is 2.29. The van der Waals surface area contributed by atoms with Crippen molar-refractivity contribution in [2.75, 3.05) is 0 Å². The molecule has 0 unspecified atom stereocenters. The summed E-state index contributed by atoms with van der Waals surface area (Å²) < 4.78 is 0. The van der Waals surface area contributed by atoms with Crippen LogP contribution in [0.25, 0.3) is 10.8 Å². The first-order valence-electron chi connectivity index (χ1n) is 5.78. The highest BCUT2D eigenvalue weighted by Gasteiger charge is 2.18. The average molecular weight is 224 g/mol. The van der Waals surface area contributed by atoms with Crippen molar-refractivity contribution in [3.05, 3.63) is 41.7 Å². The Morgan fingerprint density at radius 2 is 1.94 bits per heavy atom. The zero-order valence-corrected chi connectivity index (χ0v) is 10.5. The van der Waals surface area contributed by atoms with Crippen LogP contribution in [-0.2, 0) is 11.8 Å². The van der Waals surface area contributed by atoms with Crippen LogP contribution in [0.5, 0.6) is 0 Å². The first kappa shape index (κ1) is 11.6. The van der Waals surface area contributed by atoms with E-state index in [1.165, 1.54) is 0 Å². The molecule has 0 saturated carbocycles. The molecule has 2 rings (SSSR count). The Labute approximate surface area is 102 Å². The number of nitriles is 1. The molecule has 1 aromatic carbocycles. The summed E-state index contributed by atoms with van der Waals surface area (Å²) in [5, 5.41) is 11.1. The van der Waals surface area contributed by atoms with E-state index in [1.807, 2.05) is 24.4 Å². The predicted octanol–water partition coefficient (Wildman–Crippen LogP) is 3.60. The molecule has 1 aromatic heterocycles. The molecule has 0 bridgehead atoms. The van der Waals surface area contributed by atoms with Gasteiger partial charge in [-0.1, -0.05) is 39.0 Å². The van der Waals surface area contributed by atoms with Gasteiger partial charge in [-0.25, -0.2) is 0 Å². The number of aromatic nitrogens is 1. The van der Waals surface area contributed by atoms with Gasteiger partial charge in [0.1, 0.15) is 0 Å². The van der Waals surface area contributed by atoms with Crippen molar-refractivity contribution in [1.29, 1.82) is 5.26 Å². The smallest absolute Gasteiger partial charge is 0.0669 e. The number of nitrogens with zero attached hydrogens (tertiary/aromatic N) is 2. The second kappa shape index (κ2) is 4.18. The minimum Gasteiger partial charge on any atom is -0.260 e. The maximum atomic E-state index is 8.84. The fourth-order valence-electron chi connectivity index (χ4n) is 2.11. The molecule has 0 aliphatic rings. The summed E-state index contributed by atoms with van der Waals surface area (Å²) in [6.45, 7) is 6.48. The van der Waals surface area contributed by atoms with Gasteiger partial charge >= 0.3 is 0 Å². The van der Waals surface area contributed by atoms with Gasteiger partial charge in [0.05, 0.1) is 18.2 Å². The topological polar surface area (TPSA) is 36.7 Å². The SMILES string of the molecule is CC(C)(C)c1nccc2c(CC#N)cccc12. The third-order valence-electron chi connectivity index (χ3n) is 2.88. The molecule has 17 heavy (non-hydrogen) atoms. The fourth-order valence-corrected chi connectivity index (χ4v) is 2.11. The Morgan fingerprint density at radius 3 is 2.59 bits per heavy atom. The minimum absolute atomic E-state index is 0.0186. The van der Waals surface area contributed by atoms with Gasteiger partial charge in [0, 0.05) is 17.0 Å². The Bertz CT molecular complexity index is 586.